The van der Waals surface area contributed by atoms with Gasteiger partial charge in [0.05, 0.1) is 30.9 Å². The number of amides is 2. The number of imidazole rings is 1. The highest BCUT2D eigenvalue weighted by atomic mass is 16.5. The van der Waals surface area contributed by atoms with E-state index >= 15 is 0 Å². The molecule has 0 radical (unpaired) electrons. The van der Waals surface area contributed by atoms with Crippen LogP contribution >= 0.6 is 0 Å². The van der Waals surface area contributed by atoms with Crippen LogP contribution in [0.4, 0.5) is 4.79 Å². The lowest BCUT2D eigenvalue weighted by Gasteiger charge is -2.36. The van der Waals surface area contributed by atoms with Crippen LogP contribution in [0, 0.1) is 0 Å². The monoisotopic (exact) mass is 293 g/mol. The molecule has 0 aliphatic carbocycles. The van der Waals surface area contributed by atoms with E-state index in [0.29, 0.717) is 39.1 Å². The molecule has 2 amide bonds. The summed E-state index contributed by atoms with van der Waals surface area (Å²) in [7, 11) is 1.37. The second-order valence-corrected chi connectivity index (χ2v) is 5.25. The van der Waals surface area contributed by atoms with Crippen LogP contribution in [0.2, 0.25) is 0 Å². The lowest BCUT2D eigenvalue weighted by atomic mass is 10.0. The van der Waals surface area contributed by atoms with Crippen LogP contribution in [0.15, 0.2) is 6.33 Å². The van der Waals surface area contributed by atoms with Crippen molar-refractivity contribution in [1.29, 1.82) is 0 Å². The Labute approximate surface area is 122 Å². The Bertz CT molecular complexity index is 536. The van der Waals surface area contributed by atoms with Gasteiger partial charge in [-0.25, -0.2) is 9.78 Å². The molecule has 0 bridgehead atoms. The predicted molar refractivity (Wildman–Crippen MR) is 73.5 cm³/mol. The van der Waals surface area contributed by atoms with Gasteiger partial charge in [0, 0.05) is 39.1 Å². The number of carbonyl (C=O) groups is 2. The molecular weight excluding hydrogens is 274 g/mol. The maximum absolute atomic E-state index is 12.5. The highest BCUT2D eigenvalue weighted by Gasteiger charge is 2.31. The van der Waals surface area contributed by atoms with Gasteiger partial charge in [0.25, 0.3) is 0 Å². The molecule has 0 saturated carbocycles. The predicted octanol–water partition coefficient (Wildman–Crippen LogP) is -0.665. The minimum absolute atomic E-state index is 0.0770. The first-order valence-electron chi connectivity index (χ1n) is 7.05. The van der Waals surface area contributed by atoms with Crippen LogP contribution in [-0.2, 0) is 22.5 Å². The number of ether oxygens (including phenoxy) is 1. The minimum atomic E-state index is -0.334. The normalized spacial score (nSPS) is 21.9. The second-order valence-electron chi connectivity index (χ2n) is 5.25. The third-order valence-corrected chi connectivity index (χ3v) is 4.05. The fraction of sp³-hybridized carbons (Fsp3) is 0.615. The molecule has 8 heteroatoms. The van der Waals surface area contributed by atoms with Crippen molar-refractivity contribution in [3.8, 4) is 0 Å². The third-order valence-electron chi connectivity index (χ3n) is 4.05. The van der Waals surface area contributed by atoms with Gasteiger partial charge in [-0.2, -0.15) is 0 Å². The van der Waals surface area contributed by atoms with E-state index < -0.39 is 0 Å². The number of aromatic amines is 1. The van der Waals surface area contributed by atoms with E-state index in [0.717, 1.165) is 11.4 Å². The summed E-state index contributed by atoms with van der Waals surface area (Å²) in [6.45, 7) is 2.74. The van der Waals surface area contributed by atoms with Crippen LogP contribution in [-0.4, -0.2) is 71.1 Å². The van der Waals surface area contributed by atoms with Gasteiger partial charge in [0.1, 0.15) is 0 Å². The molecule has 0 aromatic carbocycles. The lowest BCUT2D eigenvalue weighted by molar-refractivity contribution is -0.135. The summed E-state index contributed by atoms with van der Waals surface area (Å²) in [6, 6.07) is -0.231. The Balaban J connectivity index is 1.57. The van der Waals surface area contributed by atoms with Gasteiger partial charge in [-0.15, -0.1) is 0 Å². The van der Waals surface area contributed by atoms with Crippen molar-refractivity contribution < 1.29 is 14.3 Å². The van der Waals surface area contributed by atoms with E-state index in [1.165, 1.54) is 7.11 Å². The number of H-pyrrole nitrogens is 1. The Hall–Kier alpha value is -2.09. The Kier molecular flexibility index (Phi) is 3.78. The van der Waals surface area contributed by atoms with Crippen molar-refractivity contribution in [1.82, 2.24) is 25.1 Å². The Morgan fingerprint density at radius 1 is 1.29 bits per heavy atom. The van der Waals surface area contributed by atoms with Gasteiger partial charge in [0.15, 0.2) is 0 Å². The molecule has 114 valence electrons. The van der Waals surface area contributed by atoms with Crippen molar-refractivity contribution in [3.63, 3.8) is 0 Å². The quantitative estimate of drug-likeness (QED) is 0.717. The number of nitrogens with zero attached hydrogens (tertiary/aromatic N) is 3. The smallest absolute Gasteiger partial charge is 0.409 e. The van der Waals surface area contributed by atoms with E-state index in [2.05, 4.69) is 15.3 Å². The molecule has 1 atom stereocenters. The van der Waals surface area contributed by atoms with Crippen molar-refractivity contribution in [2.75, 3.05) is 33.3 Å². The minimum Gasteiger partial charge on any atom is -0.453 e. The van der Waals surface area contributed by atoms with Gasteiger partial charge in [-0.1, -0.05) is 0 Å². The van der Waals surface area contributed by atoms with Gasteiger partial charge in [-0.3, -0.25) is 10.1 Å². The number of hydrogen-bond donors (Lipinski definition) is 2. The van der Waals surface area contributed by atoms with Crippen LogP contribution in [0.25, 0.3) is 0 Å². The van der Waals surface area contributed by atoms with E-state index in [1.807, 2.05) is 0 Å². The first kappa shape index (κ1) is 13.9. The third kappa shape index (κ3) is 2.71. The molecule has 1 fully saturated rings. The zero-order valence-corrected chi connectivity index (χ0v) is 12.0. The topological polar surface area (TPSA) is 90.6 Å². The standard InChI is InChI=1S/C13H19N5O3/c1-21-13(20)18-4-2-17(3-5-18)12(19)10-6-9-11(7-14-10)16-8-15-9/h8,10,14H,2-7H2,1H3,(H,15,16). The Morgan fingerprint density at radius 2 is 2.00 bits per heavy atom. The number of carbonyl (C=O) groups excluding carboxylic acids is 2. The molecule has 2 aliphatic rings. The molecular formula is C13H19N5O3. The molecule has 2 aliphatic heterocycles. The van der Waals surface area contributed by atoms with Crippen molar-refractivity contribution in [3.05, 3.63) is 17.7 Å². The zero-order chi connectivity index (χ0) is 14.8. The summed E-state index contributed by atoms with van der Waals surface area (Å²) in [5.41, 5.74) is 2.01. The van der Waals surface area contributed by atoms with Crippen LogP contribution in [0.5, 0.6) is 0 Å². The van der Waals surface area contributed by atoms with E-state index in [4.69, 9.17) is 4.74 Å². The summed E-state index contributed by atoms with van der Waals surface area (Å²) in [5.74, 6) is 0.0770. The number of rotatable bonds is 1. The average Bonchev–Trinajstić information content (AvgIpc) is 3.01. The summed E-state index contributed by atoms with van der Waals surface area (Å²) in [4.78, 5) is 34.7. The number of aromatic nitrogens is 2. The molecule has 3 rings (SSSR count). The van der Waals surface area contributed by atoms with E-state index in [-0.39, 0.29) is 18.0 Å². The first-order valence-corrected chi connectivity index (χ1v) is 7.05. The molecule has 1 saturated heterocycles. The number of methoxy groups -OCH3 is 1. The second kappa shape index (κ2) is 5.72. The molecule has 0 spiro atoms. The number of fused-ring (bicyclic) bond motifs is 1. The van der Waals surface area contributed by atoms with Crippen LogP contribution in [0.3, 0.4) is 0 Å². The number of nitrogens with one attached hydrogen (secondary N) is 2. The SMILES string of the molecule is COC(=O)N1CCN(C(=O)C2Cc3nc[nH]c3CN2)CC1. The van der Waals surface area contributed by atoms with Gasteiger partial charge >= 0.3 is 6.09 Å². The molecule has 2 N–H and O–H groups in total. The van der Waals surface area contributed by atoms with Gasteiger partial charge in [-0.05, 0) is 0 Å². The fourth-order valence-corrected chi connectivity index (χ4v) is 2.80. The van der Waals surface area contributed by atoms with Crippen LogP contribution in [0.1, 0.15) is 11.4 Å². The summed E-state index contributed by atoms with van der Waals surface area (Å²) < 4.78 is 4.69. The Morgan fingerprint density at radius 3 is 2.71 bits per heavy atom. The van der Waals surface area contributed by atoms with E-state index in [9.17, 15) is 9.59 Å². The highest BCUT2D eigenvalue weighted by Crippen LogP contribution is 2.15. The lowest BCUT2D eigenvalue weighted by Crippen LogP contribution is -2.56. The first-order chi connectivity index (χ1) is 10.2. The largest absolute Gasteiger partial charge is 0.453 e. The number of hydrogen-bond acceptors (Lipinski definition) is 5. The summed E-state index contributed by atoms with van der Waals surface area (Å²) in [6.07, 6.45) is 1.93. The number of piperazine rings is 1. The average molecular weight is 293 g/mol. The molecule has 3 heterocycles. The van der Waals surface area contributed by atoms with Gasteiger partial charge < -0.3 is 19.5 Å². The molecule has 8 nitrogen and oxygen atoms in total. The maximum Gasteiger partial charge on any atom is 0.409 e. The maximum atomic E-state index is 12.5. The molecule has 1 aromatic rings. The van der Waals surface area contributed by atoms with E-state index in [1.54, 1.807) is 16.1 Å². The zero-order valence-electron chi connectivity index (χ0n) is 12.0. The fourth-order valence-electron chi connectivity index (χ4n) is 2.80. The van der Waals surface area contributed by atoms with Crippen LogP contribution < -0.4 is 5.32 Å². The van der Waals surface area contributed by atoms with Crippen molar-refractivity contribution in [2.24, 2.45) is 0 Å². The summed E-state index contributed by atoms with van der Waals surface area (Å²) in [5, 5.41) is 3.24. The molecule has 21 heavy (non-hydrogen) atoms. The van der Waals surface area contributed by atoms with Gasteiger partial charge in [0.2, 0.25) is 5.91 Å². The van der Waals surface area contributed by atoms with Crippen molar-refractivity contribution >= 4 is 12.0 Å². The summed E-state index contributed by atoms with van der Waals surface area (Å²) >= 11 is 0. The van der Waals surface area contributed by atoms with Crippen molar-refractivity contribution in [2.45, 2.75) is 19.0 Å². The highest BCUT2D eigenvalue weighted by molar-refractivity contribution is 5.82. The molecule has 1 unspecified atom stereocenters. The molecule has 1 aromatic heterocycles.